The Morgan fingerprint density at radius 1 is 0.466 bits per heavy atom. The Hall–Kier alpha value is -2.10. The van der Waals surface area contributed by atoms with E-state index in [9.17, 15) is 28.8 Å². The zero-order chi connectivity index (χ0) is 57.2. The maximum atomic E-state index is 14.9. The molecule has 0 radical (unpaired) electrons. The van der Waals surface area contributed by atoms with E-state index in [4.69, 9.17) is 7.58 Å². The molecule has 73 heavy (non-hydrogen) atoms. The fraction of sp³-hybridized carbons (Fsp3) is 0.810. The summed E-state index contributed by atoms with van der Waals surface area (Å²) in [5.74, 6) is -6.44. The van der Waals surface area contributed by atoms with Crippen LogP contribution in [0, 0.1) is 84.2 Å². The largest absolute Gasteiger partial charge is 0.713 e. The first-order valence-corrected chi connectivity index (χ1v) is 31.1. The van der Waals surface area contributed by atoms with Crippen LogP contribution < -0.4 is 0 Å². The van der Waals surface area contributed by atoms with E-state index in [1.54, 1.807) is 6.92 Å². The molecule has 2 rings (SSSR count). The van der Waals surface area contributed by atoms with Gasteiger partial charge in [-0.1, -0.05) is 182 Å². The third kappa shape index (κ3) is 21.7. The zero-order valence-electron chi connectivity index (χ0n) is 51.5. The van der Waals surface area contributed by atoms with E-state index in [0.29, 0.717) is 31.3 Å². The van der Waals surface area contributed by atoms with Crippen LogP contribution in [0.1, 0.15) is 243 Å². The van der Waals surface area contributed by atoms with Gasteiger partial charge in [-0.05, 0) is 146 Å². The molecule has 8 nitrogen and oxygen atoms in total. The molecule has 0 aromatic carbocycles. The summed E-state index contributed by atoms with van der Waals surface area (Å²) in [6.45, 7) is 65.6. The van der Waals surface area contributed by atoms with E-state index in [-0.39, 0.29) is 92.0 Å². The Morgan fingerprint density at radius 3 is 1.01 bits per heavy atom. The van der Waals surface area contributed by atoms with Gasteiger partial charge in [0.05, 0.1) is 0 Å². The molecule has 0 N–H and O–H groups in total. The maximum absolute atomic E-state index is 14.9. The molecule has 0 aliphatic carbocycles. The monoisotopic (exact) mass is 1050 g/mol. The van der Waals surface area contributed by atoms with E-state index in [1.165, 1.54) is 0 Å². The van der Waals surface area contributed by atoms with E-state index in [0.717, 1.165) is 49.7 Å². The number of carbonyl (C=O) groups is 6. The minimum atomic E-state index is -3.58. The average molecular weight is 1050 g/mol. The first kappa shape index (κ1) is 67.0. The predicted molar refractivity (Wildman–Crippen MR) is 306 cm³/mol. The van der Waals surface area contributed by atoms with E-state index in [1.807, 2.05) is 13.8 Å². The van der Waals surface area contributed by atoms with Crippen LogP contribution in [0.2, 0.25) is 0 Å². The Balaban J connectivity index is 2.60. The summed E-state index contributed by atoms with van der Waals surface area (Å²) in [5.41, 5.74) is 1.96. The first-order valence-electron chi connectivity index (χ1n) is 27.9. The molecule has 2 heterocycles. The number of hydrogen-bond donors (Lipinski definition) is 0. The highest BCUT2D eigenvalue weighted by Gasteiger charge is 2.60. The fourth-order valence-corrected chi connectivity index (χ4v) is 20.0. The van der Waals surface area contributed by atoms with Gasteiger partial charge in [0, 0.05) is 30.6 Å². The second kappa shape index (κ2) is 24.3. The quantitative estimate of drug-likeness (QED) is 0.0477. The van der Waals surface area contributed by atoms with E-state index >= 15 is 0 Å². The first-order chi connectivity index (χ1) is 32.4. The van der Waals surface area contributed by atoms with Gasteiger partial charge in [-0.25, -0.2) is 0 Å². The topological polar surface area (TPSA) is 121 Å². The van der Waals surface area contributed by atoms with Crippen molar-refractivity contribution in [2.75, 3.05) is 0 Å². The number of hydrogen-bond acceptors (Lipinski definition) is 8. The van der Waals surface area contributed by atoms with Gasteiger partial charge in [-0.15, -0.1) is 0 Å². The van der Waals surface area contributed by atoms with Crippen LogP contribution in [-0.4, -0.2) is 59.5 Å². The minimum absolute atomic E-state index is 0.00655. The molecular weight excluding hydrogens is 939 g/mol. The van der Waals surface area contributed by atoms with Crippen LogP contribution in [0.15, 0.2) is 36.5 Å². The normalized spacial score (nSPS) is 19.8. The summed E-state index contributed by atoms with van der Waals surface area (Å²) in [4.78, 5) is 87.2. The molecule has 0 aromatic heterocycles. The molecular formula is C63H108Al2O8. The SMILES string of the molecule is C=C(C)C(CC(C)(C)CC(C)(C)CC(C)(C)C)C1C[C](=O)[Al]([O]C(=O)C(C(=O)[O][Al]2[C](=O)CC(C(CC(C)(C)CC(C)(C)CC(C)(C)C)C(=C)C)[C]2=O)C(CCC(C)(C)CC(C)(C)CC(C)(C)C)C(=C)C)[C]1=O. The lowest BCUT2D eigenvalue weighted by Gasteiger charge is -2.41. The summed E-state index contributed by atoms with van der Waals surface area (Å²) in [5, 5.41) is 0. The molecule has 2 fully saturated rings. The second-order valence-corrected chi connectivity index (χ2v) is 36.9. The molecule has 0 aromatic rings. The Kier molecular flexibility index (Phi) is 22.3. The molecule has 5 atom stereocenters. The van der Waals surface area contributed by atoms with Gasteiger partial charge in [0.1, 0.15) is 18.6 Å². The van der Waals surface area contributed by atoms with Crippen LogP contribution in [0.25, 0.3) is 0 Å². The maximum Gasteiger partial charge on any atom is 0.713 e. The van der Waals surface area contributed by atoms with Crippen molar-refractivity contribution >= 4 is 59.5 Å². The Morgan fingerprint density at radius 2 is 0.753 bits per heavy atom. The van der Waals surface area contributed by atoms with Crippen molar-refractivity contribution in [3.8, 4) is 0 Å². The Labute approximate surface area is 457 Å². The van der Waals surface area contributed by atoms with Gasteiger partial charge in [0.25, 0.3) is 11.9 Å². The van der Waals surface area contributed by atoms with Crippen molar-refractivity contribution in [1.82, 2.24) is 0 Å². The number of carbonyl (C=O) groups excluding carboxylic acids is 6. The predicted octanol–water partition coefficient (Wildman–Crippen LogP) is 15.9. The average Bonchev–Trinajstić information content (AvgIpc) is 3.54. The van der Waals surface area contributed by atoms with Gasteiger partial charge < -0.3 is 26.8 Å². The summed E-state index contributed by atoms with van der Waals surface area (Å²) in [6.07, 6.45) is 7.86. The summed E-state index contributed by atoms with van der Waals surface area (Å²) in [7, 11) is 0. The van der Waals surface area contributed by atoms with Crippen molar-refractivity contribution < 1.29 is 36.3 Å². The van der Waals surface area contributed by atoms with Crippen molar-refractivity contribution in [2.45, 2.75) is 243 Å². The van der Waals surface area contributed by atoms with Crippen molar-refractivity contribution in [1.29, 1.82) is 0 Å². The van der Waals surface area contributed by atoms with Crippen molar-refractivity contribution in [2.24, 2.45) is 84.2 Å². The Bertz CT molecular complexity index is 1950. The third-order valence-electron chi connectivity index (χ3n) is 15.5. The highest BCUT2D eigenvalue weighted by molar-refractivity contribution is 7.10. The lowest BCUT2D eigenvalue weighted by molar-refractivity contribution is -0.155. The molecule has 5 unspecified atom stereocenters. The molecule has 0 bridgehead atoms. The third-order valence-corrected chi connectivity index (χ3v) is 20.0. The zero-order valence-corrected chi connectivity index (χ0v) is 53.8. The molecule has 0 saturated carbocycles. The van der Waals surface area contributed by atoms with E-state index < -0.39 is 64.6 Å². The lowest BCUT2D eigenvalue weighted by atomic mass is 9.64. The van der Waals surface area contributed by atoms with Crippen LogP contribution >= 0.6 is 0 Å². The standard InChI is InChI=1S/C21H38O4.2C21H36O2.2Al/c1-14(2)15(16(17(22)23)18(24)25)10-11-20(6,7)13-21(8,9)12-19(3,4)5;2*1-16(2)18(17(13-23)10-11-22)12-20(6,7)15-21(8,9)14-19(3,4)5;;/h15-16H,1,10-13H2,2-9H3,(H,22,23)(H,24,25);2*17-18H,1,10,12,14-15H2,2-9H3;;/q;;;2*+1/p-2. The van der Waals surface area contributed by atoms with E-state index in [2.05, 4.69) is 165 Å². The molecule has 0 spiro atoms. The summed E-state index contributed by atoms with van der Waals surface area (Å²) in [6, 6.07) is 0. The van der Waals surface area contributed by atoms with Crippen molar-refractivity contribution in [3.05, 3.63) is 36.5 Å². The fourth-order valence-electron chi connectivity index (χ4n) is 15.7. The molecule has 2 saturated heterocycles. The highest BCUT2D eigenvalue weighted by Crippen LogP contribution is 2.50. The molecule has 0 amide bonds. The lowest BCUT2D eigenvalue weighted by Crippen LogP contribution is -2.46. The minimum Gasteiger partial charge on any atom is -0.607 e. The molecule has 2 aliphatic heterocycles. The van der Waals surface area contributed by atoms with Gasteiger partial charge in [0.15, 0.2) is 5.92 Å². The van der Waals surface area contributed by atoms with Gasteiger partial charge >= 0.3 is 29.0 Å². The van der Waals surface area contributed by atoms with Crippen LogP contribution in [0.4, 0.5) is 0 Å². The molecule has 414 valence electrons. The molecule has 10 heteroatoms. The van der Waals surface area contributed by atoms with Crippen LogP contribution in [0.3, 0.4) is 0 Å². The summed E-state index contributed by atoms with van der Waals surface area (Å²) < 4.78 is 10.8. The van der Waals surface area contributed by atoms with Crippen molar-refractivity contribution in [3.63, 3.8) is 0 Å². The van der Waals surface area contributed by atoms with Crippen LogP contribution in [-0.2, 0) is 36.3 Å². The van der Waals surface area contributed by atoms with Gasteiger partial charge in [-0.2, -0.15) is 0 Å². The number of allylic oxidation sites excluding steroid dienone is 3. The second-order valence-electron chi connectivity index (χ2n) is 32.5. The van der Waals surface area contributed by atoms with Crippen LogP contribution in [0.5, 0.6) is 0 Å². The van der Waals surface area contributed by atoms with Gasteiger partial charge in [-0.3, -0.25) is 9.59 Å². The highest BCUT2D eigenvalue weighted by atomic mass is 27.2. The number of rotatable bonds is 26. The van der Waals surface area contributed by atoms with Gasteiger partial charge in [0.2, 0.25) is 0 Å². The smallest absolute Gasteiger partial charge is 0.607 e. The summed E-state index contributed by atoms with van der Waals surface area (Å²) >= 11 is -7.16. The molecule has 2 aliphatic rings.